The second kappa shape index (κ2) is 7.41. The summed E-state index contributed by atoms with van der Waals surface area (Å²) in [5.74, 6) is -2.89. The molecule has 3 aromatic rings. The van der Waals surface area contributed by atoms with Gasteiger partial charge < -0.3 is 5.11 Å². The van der Waals surface area contributed by atoms with E-state index >= 15 is 0 Å². The van der Waals surface area contributed by atoms with E-state index in [0.717, 1.165) is 31.0 Å². The maximum absolute atomic E-state index is 14.8. The predicted molar refractivity (Wildman–Crippen MR) is 110 cm³/mol. The van der Waals surface area contributed by atoms with Gasteiger partial charge in [0.05, 0.1) is 21.7 Å². The average Bonchev–Trinajstić information content (AvgIpc) is 3.45. The van der Waals surface area contributed by atoms with Crippen molar-refractivity contribution in [3.8, 4) is 5.69 Å². The van der Waals surface area contributed by atoms with Crippen LogP contribution in [0, 0.1) is 11.7 Å². The standard InChI is InChI=1S/C23H15ClF4N2O3/c24-14-3-1-2-13(23(26,27)28)19(14)21(31)20-18-12-8-10(12)4-7-17(18)30(29-20)16-6-5-11(22(32)33)9-15(16)25/h1-3,5-6,9-10,12H,4,7-8H2,(H,32,33). The number of aromatic nitrogens is 2. The molecule has 0 spiro atoms. The van der Waals surface area contributed by atoms with Gasteiger partial charge in [0.1, 0.15) is 17.2 Å². The maximum atomic E-state index is 14.8. The Morgan fingerprint density at radius 2 is 1.94 bits per heavy atom. The molecule has 1 N–H and O–H groups in total. The number of nitrogens with zero attached hydrogens (tertiary/aromatic N) is 2. The summed E-state index contributed by atoms with van der Waals surface area (Å²) < 4.78 is 56.9. The Hall–Kier alpha value is -3.20. The van der Waals surface area contributed by atoms with Crippen LogP contribution in [0.4, 0.5) is 17.6 Å². The summed E-state index contributed by atoms with van der Waals surface area (Å²) in [6.07, 6.45) is -2.79. The Labute approximate surface area is 189 Å². The minimum atomic E-state index is -4.81. The quantitative estimate of drug-likeness (QED) is 0.388. The maximum Gasteiger partial charge on any atom is 0.417 e. The Balaban J connectivity index is 1.70. The largest absolute Gasteiger partial charge is 0.478 e. The van der Waals surface area contributed by atoms with E-state index in [0.29, 0.717) is 23.6 Å². The molecule has 170 valence electrons. The molecular weight excluding hydrogens is 464 g/mol. The van der Waals surface area contributed by atoms with Gasteiger partial charge in [-0.25, -0.2) is 13.9 Å². The molecule has 33 heavy (non-hydrogen) atoms. The molecule has 2 aliphatic rings. The first-order valence-electron chi connectivity index (χ1n) is 10.1. The van der Waals surface area contributed by atoms with Crippen molar-refractivity contribution >= 4 is 23.4 Å². The number of carboxylic acids is 1. The Bertz CT molecular complexity index is 1330. The summed E-state index contributed by atoms with van der Waals surface area (Å²) in [6.45, 7) is 0. The number of rotatable bonds is 4. The summed E-state index contributed by atoms with van der Waals surface area (Å²) in [5, 5.41) is 13.0. The van der Waals surface area contributed by atoms with E-state index in [1.165, 1.54) is 22.9 Å². The molecule has 0 aliphatic heterocycles. The van der Waals surface area contributed by atoms with E-state index in [9.17, 15) is 27.2 Å². The van der Waals surface area contributed by atoms with Crippen molar-refractivity contribution in [1.82, 2.24) is 9.78 Å². The van der Waals surface area contributed by atoms with E-state index in [-0.39, 0.29) is 27.9 Å². The van der Waals surface area contributed by atoms with Crippen molar-refractivity contribution in [3.63, 3.8) is 0 Å². The lowest BCUT2D eigenvalue weighted by Gasteiger charge is -2.15. The average molecular weight is 479 g/mol. The number of carbonyl (C=O) groups is 2. The third-order valence-corrected chi connectivity index (χ3v) is 6.57. The number of benzene rings is 2. The van der Waals surface area contributed by atoms with Crippen LogP contribution in [0.2, 0.25) is 5.02 Å². The highest BCUT2D eigenvalue weighted by molar-refractivity contribution is 6.35. The van der Waals surface area contributed by atoms with Crippen molar-refractivity contribution in [2.75, 3.05) is 0 Å². The van der Waals surface area contributed by atoms with Gasteiger partial charge in [-0.3, -0.25) is 4.79 Å². The van der Waals surface area contributed by atoms with Crippen LogP contribution >= 0.6 is 11.6 Å². The lowest BCUT2D eigenvalue weighted by molar-refractivity contribution is -0.137. The summed E-state index contributed by atoms with van der Waals surface area (Å²) in [5.41, 5.74) is -1.32. The topological polar surface area (TPSA) is 72.2 Å². The molecule has 0 amide bonds. The van der Waals surface area contributed by atoms with Crippen LogP contribution in [0.5, 0.6) is 0 Å². The molecular formula is C23H15ClF4N2O3. The molecule has 0 radical (unpaired) electrons. The first-order valence-corrected chi connectivity index (χ1v) is 10.5. The smallest absolute Gasteiger partial charge is 0.417 e. The van der Waals surface area contributed by atoms with Crippen LogP contribution in [0.1, 0.15) is 62.0 Å². The number of carbonyl (C=O) groups excluding carboxylic acids is 1. The molecule has 5 nitrogen and oxygen atoms in total. The van der Waals surface area contributed by atoms with Crippen molar-refractivity contribution in [2.45, 2.75) is 31.4 Å². The molecule has 2 unspecified atom stereocenters. The lowest BCUT2D eigenvalue weighted by Crippen LogP contribution is -2.16. The highest BCUT2D eigenvalue weighted by Gasteiger charge is 2.48. The Morgan fingerprint density at radius 3 is 2.61 bits per heavy atom. The SMILES string of the molecule is O=C(O)c1ccc(-n2nc(C(=O)c3c(Cl)cccc3C(F)(F)F)c3c2CCC2CC32)c(F)c1. The summed E-state index contributed by atoms with van der Waals surface area (Å²) in [4.78, 5) is 24.6. The molecule has 1 aromatic heterocycles. The number of carboxylic acid groups (broad SMARTS) is 1. The van der Waals surface area contributed by atoms with Gasteiger partial charge in [-0.1, -0.05) is 17.7 Å². The summed E-state index contributed by atoms with van der Waals surface area (Å²) in [6, 6.07) is 6.38. The number of ketones is 1. The van der Waals surface area contributed by atoms with Gasteiger partial charge in [0.25, 0.3) is 0 Å². The fourth-order valence-corrected chi connectivity index (χ4v) is 4.89. The zero-order valence-electron chi connectivity index (χ0n) is 16.8. The molecule has 1 heterocycles. The third-order valence-electron chi connectivity index (χ3n) is 6.25. The van der Waals surface area contributed by atoms with Crippen LogP contribution in [-0.2, 0) is 12.6 Å². The highest BCUT2D eigenvalue weighted by Crippen LogP contribution is 2.56. The minimum absolute atomic E-state index is 0.0420. The van der Waals surface area contributed by atoms with Crippen molar-refractivity contribution < 1.29 is 32.3 Å². The van der Waals surface area contributed by atoms with Gasteiger partial charge in [0, 0.05) is 11.3 Å². The fraction of sp³-hybridized carbons (Fsp3) is 0.261. The summed E-state index contributed by atoms with van der Waals surface area (Å²) in [7, 11) is 0. The van der Waals surface area contributed by atoms with E-state index < -0.39 is 34.9 Å². The van der Waals surface area contributed by atoms with Gasteiger partial charge in [-0.15, -0.1) is 0 Å². The van der Waals surface area contributed by atoms with Crippen molar-refractivity contribution in [1.29, 1.82) is 0 Å². The van der Waals surface area contributed by atoms with E-state index in [1.54, 1.807) is 0 Å². The van der Waals surface area contributed by atoms with Crippen LogP contribution < -0.4 is 0 Å². The van der Waals surface area contributed by atoms with Gasteiger partial charge in [-0.2, -0.15) is 18.3 Å². The van der Waals surface area contributed by atoms with Gasteiger partial charge >= 0.3 is 12.1 Å². The van der Waals surface area contributed by atoms with Crippen molar-refractivity contribution in [2.24, 2.45) is 5.92 Å². The molecule has 0 bridgehead atoms. The number of halogens is 5. The molecule has 2 aliphatic carbocycles. The van der Waals surface area contributed by atoms with E-state index in [4.69, 9.17) is 16.7 Å². The second-order valence-corrected chi connectivity index (χ2v) is 8.63. The predicted octanol–water partition coefficient (Wildman–Crippen LogP) is 5.66. The molecule has 2 atom stereocenters. The van der Waals surface area contributed by atoms with Crippen LogP contribution in [0.25, 0.3) is 5.69 Å². The van der Waals surface area contributed by atoms with Gasteiger partial charge in [0.2, 0.25) is 5.78 Å². The third kappa shape index (κ3) is 3.51. The Kier molecular flexibility index (Phi) is 4.86. The summed E-state index contributed by atoms with van der Waals surface area (Å²) >= 11 is 6.04. The van der Waals surface area contributed by atoms with Crippen LogP contribution in [0.15, 0.2) is 36.4 Å². The zero-order valence-corrected chi connectivity index (χ0v) is 17.5. The van der Waals surface area contributed by atoms with Crippen LogP contribution in [-0.4, -0.2) is 26.6 Å². The monoisotopic (exact) mass is 478 g/mol. The first-order chi connectivity index (χ1) is 15.6. The van der Waals surface area contributed by atoms with E-state index in [2.05, 4.69) is 5.10 Å². The molecule has 2 aromatic carbocycles. The first kappa shape index (κ1) is 21.6. The highest BCUT2D eigenvalue weighted by atomic mass is 35.5. The molecule has 0 saturated heterocycles. The van der Waals surface area contributed by atoms with Gasteiger partial charge in [-0.05, 0) is 61.4 Å². The van der Waals surface area contributed by atoms with Crippen molar-refractivity contribution in [3.05, 3.63) is 80.9 Å². The number of fused-ring (bicyclic) bond motifs is 3. The van der Waals surface area contributed by atoms with Gasteiger partial charge in [0.15, 0.2) is 0 Å². The van der Waals surface area contributed by atoms with E-state index in [1.807, 2.05) is 0 Å². The molecule has 1 saturated carbocycles. The molecule has 1 fully saturated rings. The zero-order chi connectivity index (χ0) is 23.7. The number of alkyl halides is 3. The fourth-order valence-electron chi connectivity index (χ4n) is 4.63. The number of aromatic carboxylic acids is 1. The molecule has 10 heteroatoms. The van der Waals surface area contributed by atoms with Crippen LogP contribution in [0.3, 0.4) is 0 Å². The minimum Gasteiger partial charge on any atom is -0.478 e. The number of hydrogen-bond donors (Lipinski definition) is 1. The normalized spacial score (nSPS) is 19.1. The molecule has 5 rings (SSSR count). The lowest BCUT2D eigenvalue weighted by atomic mass is 9.91. The Morgan fingerprint density at radius 1 is 1.18 bits per heavy atom. The second-order valence-electron chi connectivity index (χ2n) is 8.22. The number of hydrogen-bond acceptors (Lipinski definition) is 3.